The molecule has 0 radical (unpaired) electrons. The summed E-state index contributed by atoms with van der Waals surface area (Å²) in [6.07, 6.45) is 5.75. The highest BCUT2D eigenvalue weighted by atomic mass is 16.6. The van der Waals surface area contributed by atoms with Gasteiger partial charge in [-0.05, 0) is 44.2 Å². The first-order chi connectivity index (χ1) is 15.1. The molecule has 3 aliphatic heterocycles. The van der Waals surface area contributed by atoms with Crippen LogP contribution in [0.2, 0.25) is 0 Å². The maximum absolute atomic E-state index is 12.8. The summed E-state index contributed by atoms with van der Waals surface area (Å²) in [5.74, 6) is 1.35. The molecule has 31 heavy (non-hydrogen) atoms. The molecule has 170 valence electrons. The summed E-state index contributed by atoms with van der Waals surface area (Å²) >= 11 is 0. The van der Waals surface area contributed by atoms with E-state index in [0.29, 0.717) is 19.1 Å². The topological polar surface area (TPSA) is 75.2 Å². The molecule has 0 N–H and O–H groups in total. The van der Waals surface area contributed by atoms with Crippen molar-refractivity contribution in [3.05, 3.63) is 23.9 Å². The van der Waals surface area contributed by atoms with Crippen LogP contribution in [0.3, 0.4) is 0 Å². The van der Waals surface area contributed by atoms with Crippen molar-refractivity contribution < 1.29 is 19.1 Å². The molecule has 8 nitrogen and oxygen atoms in total. The standard InChI is InChI=1S/C23H34N4O4/c1-3-12-27-20-19(6-5-11-24-20)23(31-22(27)29)9-15-25(16-10-23)17-18-7-13-26(14-8-18)21(28)30-4-2/h5-6,11,18H,3-4,7-10,12-17H2,1-2H3. The monoisotopic (exact) mass is 430 g/mol. The van der Waals surface area contributed by atoms with Gasteiger partial charge < -0.3 is 19.3 Å². The number of hydrogen-bond donors (Lipinski definition) is 0. The molecule has 0 saturated carbocycles. The second kappa shape index (κ2) is 9.42. The van der Waals surface area contributed by atoms with E-state index in [9.17, 15) is 9.59 Å². The van der Waals surface area contributed by atoms with Gasteiger partial charge in [0.15, 0.2) is 0 Å². The Morgan fingerprint density at radius 2 is 1.97 bits per heavy atom. The molecule has 0 unspecified atom stereocenters. The number of pyridine rings is 1. The second-order valence-electron chi connectivity index (χ2n) is 8.82. The minimum Gasteiger partial charge on any atom is -0.450 e. The summed E-state index contributed by atoms with van der Waals surface area (Å²) in [5, 5.41) is 0. The van der Waals surface area contributed by atoms with Crippen LogP contribution < -0.4 is 4.90 Å². The highest BCUT2D eigenvalue weighted by molar-refractivity contribution is 5.90. The van der Waals surface area contributed by atoms with E-state index >= 15 is 0 Å². The molecule has 0 bridgehead atoms. The highest BCUT2D eigenvalue weighted by Crippen LogP contribution is 2.44. The maximum atomic E-state index is 12.8. The van der Waals surface area contributed by atoms with Gasteiger partial charge in [-0.15, -0.1) is 0 Å². The van der Waals surface area contributed by atoms with Crippen LogP contribution in [0.15, 0.2) is 18.3 Å². The lowest BCUT2D eigenvalue weighted by atomic mass is 9.82. The zero-order valence-corrected chi connectivity index (χ0v) is 18.7. The molecule has 0 atom stereocenters. The molecule has 0 aromatic carbocycles. The van der Waals surface area contributed by atoms with Crippen molar-refractivity contribution >= 4 is 18.0 Å². The van der Waals surface area contributed by atoms with E-state index < -0.39 is 5.60 Å². The third-order valence-electron chi connectivity index (χ3n) is 6.80. The number of piperidine rings is 2. The Labute approximate surface area is 184 Å². The van der Waals surface area contributed by atoms with Crippen LogP contribution in [0.25, 0.3) is 0 Å². The van der Waals surface area contributed by atoms with Crippen LogP contribution in [-0.2, 0) is 15.1 Å². The van der Waals surface area contributed by atoms with Gasteiger partial charge in [-0.1, -0.05) is 6.92 Å². The Kier molecular flexibility index (Phi) is 6.65. The zero-order valence-electron chi connectivity index (χ0n) is 18.7. The van der Waals surface area contributed by atoms with Crippen LogP contribution in [-0.4, -0.2) is 72.8 Å². The Balaban J connectivity index is 1.35. The number of fused-ring (bicyclic) bond motifs is 2. The van der Waals surface area contributed by atoms with Crippen molar-refractivity contribution in [3.8, 4) is 0 Å². The summed E-state index contributed by atoms with van der Waals surface area (Å²) in [6.45, 7) is 9.30. The molecule has 1 aromatic rings. The van der Waals surface area contributed by atoms with E-state index in [4.69, 9.17) is 9.47 Å². The van der Waals surface area contributed by atoms with Crippen LogP contribution in [0, 0.1) is 5.92 Å². The van der Waals surface area contributed by atoms with Crippen molar-refractivity contribution in [2.24, 2.45) is 5.92 Å². The van der Waals surface area contributed by atoms with E-state index in [0.717, 1.165) is 76.2 Å². The van der Waals surface area contributed by atoms with Gasteiger partial charge in [-0.2, -0.15) is 0 Å². The molecule has 0 aliphatic carbocycles. The number of rotatable bonds is 5. The lowest BCUT2D eigenvalue weighted by molar-refractivity contribution is -0.0458. The predicted molar refractivity (Wildman–Crippen MR) is 117 cm³/mol. The largest absolute Gasteiger partial charge is 0.450 e. The normalized spacial score (nSPS) is 21.7. The Morgan fingerprint density at radius 3 is 2.65 bits per heavy atom. The molecule has 2 fully saturated rings. The number of carbonyl (C=O) groups is 2. The number of likely N-dealkylation sites (tertiary alicyclic amines) is 2. The SMILES string of the molecule is CCCN1C(=O)OC2(CCN(CC3CCN(C(=O)OCC)CC3)CC2)c2cccnc21. The molecule has 2 saturated heterocycles. The lowest BCUT2D eigenvalue weighted by Gasteiger charge is -2.46. The summed E-state index contributed by atoms with van der Waals surface area (Å²) in [5.41, 5.74) is 0.486. The summed E-state index contributed by atoms with van der Waals surface area (Å²) < 4.78 is 11.2. The van der Waals surface area contributed by atoms with Gasteiger partial charge in [-0.25, -0.2) is 14.6 Å². The van der Waals surface area contributed by atoms with Crippen molar-refractivity contribution in [1.82, 2.24) is 14.8 Å². The molecule has 4 heterocycles. The van der Waals surface area contributed by atoms with E-state index in [1.54, 1.807) is 11.1 Å². The molecule has 3 aliphatic rings. The van der Waals surface area contributed by atoms with Gasteiger partial charge in [0, 0.05) is 63.9 Å². The van der Waals surface area contributed by atoms with Crippen molar-refractivity contribution in [2.45, 2.75) is 51.6 Å². The van der Waals surface area contributed by atoms with Crippen molar-refractivity contribution in [2.75, 3.05) is 50.8 Å². The number of aromatic nitrogens is 1. The molecule has 8 heteroatoms. The summed E-state index contributed by atoms with van der Waals surface area (Å²) in [7, 11) is 0. The van der Waals surface area contributed by atoms with Gasteiger partial charge in [0.1, 0.15) is 11.4 Å². The van der Waals surface area contributed by atoms with E-state index in [-0.39, 0.29) is 12.2 Å². The summed E-state index contributed by atoms with van der Waals surface area (Å²) in [6, 6.07) is 4.01. The van der Waals surface area contributed by atoms with E-state index in [1.165, 1.54) is 0 Å². The fourth-order valence-corrected chi connectivity index (χ4v) is 5.10. The number of nitrogens with zero attached hydrogens (tertiary/aromatic N) is 4. The van der Waals surface area contributed by atoms with Crippen LogP contribution in [0.5, 0.6) is 0 Å². The number of anilines is 1. The molecule has 1 spiro atoms. The van der Waals surface area contributed by atoms with Crippen LogP contribution >= 0.6 is 0 Å². The quantitative estimate of drug-likeness (QED) is 0.710. The molecular formula is C23H34N4O4. The Hall–Kier alpha value is -2.35. The fourth-order valence-electron chi connectivity index (χ4n) is 5.10. The number of carbonyl (C=O) groups excluding carboxylic acids is 2. The minimum atomic E-state index is -0.561. The number of ether oxygens (including phenoxy) is 2. The first-order valence-corrected chi connectivity index (χ1v) is 11.7. The zero-order chi connectivity index (χ0) is 21.8. The first kappa shape index (κ1) is 21.9. The third-order valence-corrected chi connectivity index (χ3v) is 6.80. The highest BCUT2D eigenvalue weighted by Gasteiger charge is 2.47. The van der Waals surface area contributed by atoms with Crippen molar-refractivity contribution in [3.63, 3.8) is 0 Å². The third kappa shape index (κ3) is 4.49. The molecule has 2 amide bonds. The van der Waals surface area contributed by atoms with Crippen molar-refractivity contribution in [1.29, 1.82) is 0 Å². The van der Waals surface area contributed by atoms with Gasteiger partial charge >= 0.3 is 12.2 Å². The molecular weight excluding hydrogens is 396 g/mol. The van der Waals surface area contributed by atoms with Gasteiger partial charge in [-0.3, -0.25) is 4.90 Å². The van der Waals surface area contributed by atoms with Gasteiger partial charge in [0.25, 0.3) is 0 Å². The number of hydrogen-bond acceptors (Lipinski definition) is 6. The second-order valence-corrected chi connectivity index (χ2v) is 8.82. The maximum Gasteiger partial charge on any atom is 0.416 e. The fraction of sp³-hybridized carbons (Fsp3) is 0.696. The minimum absolute atomic E-state index is 0.190. The Bertz CT molecular complexity index is 786. The van der Waals surface area contributed by atoms with Gasteiger partial charge in [0.05, 0.1) is 6.61 Å². The first-order valence-electron chi connectivity index (χ1n) is 11.7. The van der Waals surface area contributed by atoms with E-state index in [2.05, 4.69) is 22.9 Å². The summed E-state index contributed by atoms with van der Waals surface area (Å²) in [4.78, 5) is 35.2. The van der Waals surface area contributed by atoms with Gasteiger partial charge in [0.2, 0.25) is 0 Å². The Morgan fingerprint density at radius 1 is 1.23 bits per heavy atom. The molecule has 4 rings (SSSR count). The average Bonchev–Trinajstić information content (AvgIpc) is 2.79. The number of amides is 2. The van der Waals surface area contributed by atoms with Crippen LogP contribution in [0.4, 0.5) is 15.4 Å². The lowest BCUT2D eigenvalue weighted by Crippen LogP contribution is -2.52. The predicted octanol–water partition coefficient (Wildman–Crippen LogP) is 3.61. The van der Waals surface area contributed by atoms with Crippen LogP contribution in [0.1, 0.15) is 51.5 Å². The average molecular weight is 431 g/mol. The van der Waals surface area contributed by atoms with E-state index in [1.807, 2.05) is 17.9 Å². The molecule has 1 aromatic heterocycles. The smallest absolute Gasteiger partial charge is 0.416 e.